The van der Waals surface area contributed by atoms with Crippen LogP contribution in [0.15, 0.2) is 11.7 Å². The molecule has 8 heteroatoms. The van der Waals surface area contributed by atoms with Crippen LogP contribution in [0.2, 0.25) is 0 Å². The Hall–Kier alpha value is -2.58. The number of carbonyl (C=O) groups excluding carboxylic acids is 1. The Labute approximate surface area is 112 Å². The summed E-state index contributed by atoms with van der Waals surface area (Å²) in [6.45, 7) is 1.70. The lowest BCUT2D eigenvalue weighted by molar-refractivity contribution is -0.120. The van der Waals surface area contributed by atoms with Gasteiger partial charge >= 0.3 is 0 Å². The number of hydrogen-bond donors (Lipinski definition) is 0. The number of thiazole rings is 1. The topological polar surface area (TPSA) is 108 Å². The third kappa shape index (κ3) is 2.81. The fraction of sp³-hybridized carbons (Fsp3) is 0.273. The van der Waals surface area contributed by atoms with E-state index in [0.717, 1.165) is 5.69 Å². The molecule has 0 aromatic carbocycles. The molecule has 2 aromatic rings. The molecule has 0 aliphatic heterocycles. The Bertz CT molecular complexity index is 689. The summed E-state index contributed by atoms with van der Waals surface area (Å²) in [5.41, 5.74) is 0.778. The molecule has 7 nitrogen and oxygen atoms in total. The third-order valence-corrected chi connectivity index (χ3v) is 3.32. The Kier molecular flexibility index (Phi) is 3.64. The van der Waals surface area contributed by atoms with Gasteiger partial charge in [-0.15, -0.1) is 16.4 Å². The van der Waals surface area contributed by atoms with Gasteiger partial charge in [-0.2, -0.15) is 10.5 Å². The van der Waals surface area contributed by atoms with Gasteiger partial charge in [-0.25, -0.2) is 14.6 Å². The van der Waals surface area contributed by atoms with Crippen molar-refractivity contribution >= 4 is 17.1 Å². The van der Waals surface area contributed by atoms with Gasteiger partial charge in [0.05, 0.1) is 6.07 Å². The van der Waals surface area contributed by atoms with Gasteiger partial charge in [0.2, 0.25) is 0 Å². The summed E-state index contributed by atoms with van der Waals surface area (Å²) < 4.78 is 1.24. The van der Waals surface area contributed by atoms with Gasteiger partial charge in [-0.1, -0.05) is 0 Å². The maximum Gasteiger partial charge on any atom is 0.252 e. The molecular formula is C11H8N6OS. The molecule has 0 N–H and O–H groups in total. The van der Waals surface area contributed by atoms with E-state index in [2.05, 4.69) is 15.1 Å². The first-order valence-corrected chi connectivity index (χ1v) is 6.16. The fourth-order valence-corrected chi connectivity index (χ4v) is 2.30. The van der Waals surface area contributed by atoms with Crippen molar-refractivity contribution in [1.29, 1.82) is 10.5 Å². The van der Waals surface area contributed by atoms with Crippen molar-refractivity contribution in [2.24, 2.45) is 0 Å². The van der Waals surface area contributed by atoms with E-state index in [9.17, 15) is 4.79 Å². The first-order valence-electron chi connectivity index (χ1n) is 5.28. The molecule has 0 aliphatic carbocycles. The fourth-order valence-electron chi connectivity index (χ4n) is 1.44. The summed E-state index contributed by atoms with van der Waals surface area (Å²) in [7, 11) is 0. The summed E-state index contributed by atoms with van der Waals surface area (Å²) in [6.07, 6.45) is 1.29. The van der Waals surface area contributed by atoms with E-state index in [1.807, 2.05) is 6.07 Å². The molecule has 0 amide bonds. The first kappa shape index (κ1) is 12.9. The number of rotatable bonds is 4. The molecule has 94 valence electrons. The van der Waals surface area contributed by atoms with Crippen LogP contribution in [0, 0.1) is 29.6 Å². The zero-order valence-electron chi connectivity index (χ0n) is 9.94. The van der Waals surface area contributed by atoms with Crippen LogP contribution >= 0.6 is 11.3 Å². The highest BCUT2D eigenvalue weighted by Crippen LogP contribution is 2.21. The van der Waals surface area contributed by atoms with Crippen molar-refractivity contribution in [3.05, 3.63) is 28.2 Å². The minimum Gasteiger partial charge on any atom is -0.296 e. The molecule has 0 saturated heterocycles. The Morgan fingerprint density at radius 2 is 2.37 bits per heavy atom. The second-order valence-corrected chi connectivity index (χ2v) is 4.62. The van der Waals surface area contributed by atoms with E-state index < -0.39 is 5.92 Å². The van der Waals surface area contributed by atoms with Crippen LogP contribution in [0.5, 0.6) is 0 Å². The van der Waals surface area contributed by atoms with Gasteiger partial charge in [-0.3, -0.25) is 4.79 Å². The van der Waals surface area contributed by atoms with E-state index in [-0.39, 0.29) is 18.2 Å². The molecule has 0 fully saturated rings. The van der Waals surface area contributed by atoms with Gasteiger partial charge in [0.25, 0.3) is 5.82 Å². The zero-order chi connectivity index (χ0) is 13.8. The number of hydrogen-bond acceptors (Lipinski definition) is 7. The number of aryl methyl sites for hydroxylation is 1. The SMILES string of the molecule is Cc1csc([C@@H](C#N)C(=O)Cn2cnc(C#N)n2)n1. The number of carbonyl (C=O) groups is 1. The molecule has 1 atom stereocenters. The molecule has 0 bridgehead atoms. The van der Waals surface area contributed by atoms with Crippen LogP contribution in [-0.4, -0.2) is 25.5 Å². The molecule has 0 radical (unpaired) electrons. The number of nitriles is 2. The number of nitrogens with zero attached hydrogens (tertiary/aromatic N) is 6. The average Bonchev–Trinajstić information content (AvgIpc) is 3.00. The minimum absolute atomic E-state index is 0.00796. The average molecular weight is 272 g/mol. The lowest BCUT2D eigenvalue weighted by atomic mass is 10.1. The van der Waals surface area contributed by atoms with Crippen molar-refractivity contribution in [2.45, 2.75) is 19.4 Å². The number of ketones is 1. The van der Waals surface area contributed by atoms with Gasteiger partial charge in [0.1, 0.15) is 23.9 Å². The highest BCUT2D eigenvalue weighted by atomic mass is 32.1. The molecule has 19 heavy (non-hydrogen) atoms. The quantitative estimate of drug-likeness (QED) is 0.814. The van der Waals surface area contributed by atoms with E-state index >= 15 is 0 Å². The lowest BCUT2D eigenvalue weighted by Gasteiger charge is -2.04. The largest absolute Gasteiger partial charge is 0.296 e. The maximum absolute atomic E-state index is 12.0. The summed E-state index contributed by atoms with van der Waals surface area (Å²) in [5, 5.41) is 23.7. The van der Waals surface area contributed by atoms with Crippen LogP contribution in [0.3, 0.4) is 0 Å². The summed E-state index contributed by atoms with van der Waals surface area (Å²) >= 11 is 1.28. The van der Waals surface area contributed by atoms with E-state index in [1.54, 1.807) is 18.4 Å². The number of aromatic nitrogens is 4. The van der Waals surface area contributed by atoms with Gasteiger partial charge in [0, 0.05) is 11.1 Å². The molecular weight excluding hydrogens is 264 g/mol. The van der Waals surface area contributed by atoms with E-state index in [0.29, 0.717) is 5.01 Å². The van der Waals surface area contributed by atoms with Crippen molar-refractivity contribution in [3.8, 4) is 12.1 Å². The van der Waals surface area contributed by atoms with Crippen LogP contribution < -0.4 is 0 Å². The van der Waals surface area contributed by atoms with Crippen LogP contribution in [0.25, 0.3) is 0 Å². The van der Waals surface area contributed by atoms with Gasteiger partial charge in [0.15, 0.2) is 11.7 Å². The summed E-state index contributed by atoms with van der Waals surface area (Å²) in [5.74, 6) is -1.24. The predicted molar refractivity (Wildman–Crippen MR) is 64.9 cm³/mol. The summed E-state index contributed by atoms with van der Waals surface area (Å²) in [4.78, 5) is 19.9. The van der Waals surface area contributed by atoms with Crippen molar-refractivity contribution in [1.82, 2.24) is 19.7 Å². The molecule has 0 aliphatic rings. The second-order valence-electron chi connectivity index (χ2n) is 3.73. The molecule has 0 saturated carbocycles. The lowest BCUT2D eigenvalue weighted by Crippen LogP contribution is -2.18. The molecule has 0 unspecified atom stereocenters. The molecule has 2 rings (SSSR count). The Morgan fingerprint density at radius 1 is 1.58 bits per heavy atom. The van der Waals surface area contributed by atoms with Crippen molar-refractivity contribution in [3.63, 3.8) is 0 Å². The smallest absolute Gasteiger partial charge is 0.252 e. The highest BCUT2D eigenvalue weighted by Gasteiger charge is 2.23. The van der Waals surface area contributed by atoms with Crippen LogP contribution in [0.4, 0.5) is 0 Å². The van der Waals surface area contributed by atoms with Crippen LogP contribution in [-0.2, 0) is 11.3 Å². The minimum atomic E-state index is -0.909. The van der Waals surface area contributed by atoms with Gasteiger partial charge in [-0.05, 0) is 6.92 Å². The summed E-state index contributed by atoms with van der Waals surface area (Å²) in [6, 6.07) is 3.71. The molecule has 0 spiro atoms. The van der Waals surface area contributed by atoms with E-state index in [4.69, 9.17) is 10.5 Å². The number of Topliss-reactive ketones (excluding diaryl/α,β-unsaturated/α-hetero) is 1. The van der Waals surface area contributed by atoms with E-state index in [1.165, 1.54) is 22.3 Å². The molecule has 2 heterocycles. The highest BCUT2D eigenvalue weighted by molar-refractivity contribution is 7.09. The predicted octanol–water partition coefficient (Wildman–Crippen LogP) is 0.791. The zero-order valence-corrected chi connectivity index (χ0v) is 10.8. The standard InChI is InChI=1S/C11H8N6OS/c1-7-5-19-11(15-7)8(2-12)9(18)4-17-6-14-10(3-13)16-17/h5-6,8H,4H2,1H3/t8-/m0/s1. The Morgan fingerprint density at radius 3 is 2.89 bits per heavy atom. The van der Waals surface area contributed by atoms with Crippen LogP contribution in [0.1, 0.15) is 22.4 Å². The maximum atomic E-state index is 12.0. The first-order chi connectivity index (χ1) is 9.13. The van der Waals surface area contributed by atoms with Crippen molar-refractivity contribution in [2.75, 3.05) is 0 Å². The van der Waals surface area contributed by atoms with Gasteiger partial charge < -0.3 is 0 Å². The second kappa shape index (κ2) is 5.38. The Balaban J connectivity index is 2.14. The normalized spacial score (nSPS) is 11.5. The van der Waals surface area contributed by atoms with Crippen molar-refractivity contribution < 1.29 is 4.79 Å². The molecule has 2 aromatic heterocycles. The monoisotopic (exact) mass is 272 g/mol. The third-order valence-electron chi connectivity index (χ3n) is 2.29.